The van der Waals surface area contributed by atoms with Crippen molar-refractivity contribution in [1.82, 2.24) is 10.2 Å². The minimum Gasteiger partial charge on any atom is -0.411 e. The molecule has 1 aliphatic carbocycles. The van der Waals surface area contributed by atoms with Crippen LogP contribution in [0.3, 0.4) is 0 Å². The Kier molecular flexibility index (Phi) is 2.74. The highest BCUT2D eigenvalue weighted by Gasteiger charge is 2.33. The van der Waals surface area contributed by atoms with Crippen LogP contribution in [0.15, 0.2) is 5.16 Å². The highest BCUT2D eigenvalue weighted by atomic mass is 16.4. The molecule has 0 saturated carbocycles. The zero-order valence-corrected chi connectivity index (χ0v) is 10.2. The fourth-order valence-corrected chi connectivity index (χ4v) is 2.48. The van der Waals surface area contributed by atoms with Gasteiger partial charge >= 0.3 is 0 Å². The fourth-order valence-electron chi connectivity index (χ4n) is 2.48. The predicted octanol–water partition coefficient (Wildman–Crippen LogP) is 2.51. The molecular weight excluding hydrogens is 202 g/mol. The second kappa shape index (κ2) is 3.92. The lowest BCUT2D eigenvalue weighted by molar-refractivity contribution is 0.306. The quantitative estimate of drug-likeness (QED) is 0.595. The zero-order valence-electron chi connectivity index (χ0n) is 10.2. The summed E-state index contributed by atoms with van der Waals surface area (Å²) in [5.41, 5.74) is 4.14. The Bertz CT molecular complexity index is 418. The van der Waals surface area contributed by atoms with Crippen LogP contribution in [0.2, 0.25) is 0 Å². The smallest absolute Gasteiger partial charge is 0.0910 e. The van der Waals surface area contributed by atoms with E-state index in [1.807, 2.05) is 0 Å². The van der Waals surface area contributed by atoms with Crippen molar-refractivity contribution < 1.29 is 5.21 Å². The molecule has 0 atom stereocenters. The minimum atomic E-state index is 0.143. The fraction of sp³-hybridized carbons (Fsp3) is 0.667. The number of aromatic nitrogens is 2. The SMILES string of the molecule is CCCc1n[nH]c2c1/C(=N/O)CC(C)(C)C2. The van der Waals surface area contributed by atoms with E-state index in [9.17, 15) is 0 Å². The minimum absolute atomic E-state index is 0.143. The lowest BCUT2D eigenvalue weighted by Crippen LogP contribution is -2.27. The molecule has 0 saturated heterocycles. The summed E-state index contributed by atoms with van der Waals surface area (Å²) >= 11 is 0. The third-order valence-corrected chi connectivity index (χ3v) is 3.11. The molecule has 0 aromatic carbocycles. The van der Waals surface area contributed by atoms with Crippen LogP contribution >= 0.6 is 0 Å². The summed E-state index contributed by atoms with van der Waals surface area (Å²) in [6.07, 6.45) is 3.77. The molecule has 2 N–H and O–H groups in total. The van der Waals surface area contributed by atoms with Crippen molar-refractivity contribution in [3.8, 4) is 0 Å². The van der Waals surface area contributed by atoms with Gasteiger partial charge in [0.1, 0.15) is 0 Å². The molecule has 0 amide bonds. The second-order valence-corrected chi connectivity index (χ2v) is 5.34. The highest BCUT2D eigenvalue weighted by Crippen LogP contribution is 2.35. The molecule has 0 bridgehead atoms. The summed E-state index contributed by atoms with van der Waals surface area (Å²) in [4.78, 5) is 0. The topological polar surface area (TPSA) is 61.3 Å². The van der Waals surface area contributed by atoms with E-state index >= 15 is 0 Å². The van der Waals surface area contributed by atoms with Gasteiger partial charge in [0, 0.05) is 11.3 Å². The van der Waals surface area contributed by atoms with Gasteiger partial charge in [-0.1, -0.05) is 32.3 Å². The molecule has 0 fully saturated rings. The van der Waals surface area contributed by atoms with E-state index in [0.29, 0.717) is 0 Å². The largest absolute Gasteiger partial charge is 0.411 e. The molecule has 0 spiro atoms. The van der Waals surface area contributed by atoms with E-state index in [-0.39, 0.29) is 5.41 Å². The molecule has 1 aromatic rings. The lowest BCUT2D eigenvalue weighted by atomic mass is 9.75. The molecular formula is C12H19N3O. The van der Waals surface area contributed by atoms with Gasteiger partial charge < -0.3 is 5.21 Å². The highest BCUT2D eigenvalue weighted by molar-refractivity contribution is 6.03. The second-order valence-electron chi connectivity index (χ2n) is 5.34. The van der Waals surface area contributed by atoms with Crippen molar-refractivity contribution in [2.24, 2.45) is 10.6 Å². The zero-order chi connectivity index (χ0) is 11.8. The first-order valence-corrected chi connectivity index (χ1v) is 5.85. The summed E-state index contributed by atoms with van der Waals surface area (Å²) in [7, 11) is 0. The number of oxime groups is 1. The van der Waals surface area contributed by atoms with E-state index in [0.717, 1.165) is 48.3 Å². The average Bonchev–Trinajstić information content (AvgIpc) is 2.59. The van der Waals surface area contributed by atoms with Crippen LogP contribution in [0.1, 0.15) is 50.6 Å². The van der Waals surface area contributed by atoms with Crippen molar-refractivity contribution in [3.63, 3.8) is 0 Å². The Morgan fingerprint density at radius 2 is 2.19 bits per heavy atom. The van der Waals surface area contributed by atoms with E-state index in [1.54, 1.807) is 0 Å². The summed E-state index contributed by atoms with van der Waals surface area (Å²) < 4.78 is 0. The van der Waals surface area contributed by atoms with Gasteiger partial charge in [0.05, 0.1) is 11.4 Å². The molecule has 1 heterocycles. The Morgan fingerprint density at radius 1 is 1.44 bits per heavy atom. The van der Waals surface area contributed by atoms with Crippen LogP contribution in [-0.4, -0.2) is 21.1 Å². The van der Waals surface area contributed by atoms with Crippen LogP contribution < -0.4 is 0 Å². The Morgan fingerprint density at radius 3 is 2.81 bits per heavy atom. The predicted molar refractivity (Wildman–Crippen MR) is 63.0 cm³/mol. The van der Waals surface area contributed by atoms with Crippen LogP contribution in [0.5, 0.6) is 0 Å². The van der Waals surface area contributed by atoms with Crippen LogP contribution in [-0.2, 0) is 12.8 Å². The Hall–Kier alpha value is -1.32. The molecule has 0 radical (unpaired) electrons. The van der Waals surface area contributed by atoms with Crippen molar-refractivity contribution in [1.29, 1.82) is 0 Å². The number of aryl methyl sites for hydroxylation is 1. The van der Waals surface area contributed by atoms with E-state index < -0.39 is 0 Å². The maximum Gasteiger partial charge on any atom is 0.0910 e. The first-order chi connectivity index (χ1) is 7.57. The molecule has 2 rings (SSSR count). The Balaban J connectivity index is 2.45. The normalized spacial score (nSPS) is 21.1. The van der Waals surface area contributed by atoms with Crippen molar-refractivity contribution in [2.75, 3.05) is 0 Å². The number of fused-ring (bicyclic) bond motifs is 1. The molecule has 0 aliphatic heterocycles. The van der Waals surface area contributed by atoms with Gasteiger partial charge in [0.2, 0.25) is 0 Å². The molecule has 4 nitrogen and oxygen atoms in total. The Labute approximate surface area is 95.8 Å². The number of H-pyrrole nitrogens is 1. The van der Waals surface area contributed by atoms with Crippen molar-refractivity contribution >= 4 is 5.71 Å². The maximum atomic E-state index is 9.13. The third kappa shape index (κ3) is 1.84. The van der Waals surface area contributed by atoms with Gasteiger partial charge in [-0.15, -0.1) is 0 Å². The van der Waals surface area contributed by atoms with Crippen molar-refractivity contribution in [2.45, 2.75) is 46.5 Å². The maximum absolute atomic E-state index is 9.13. The number of nitrogens with one attached hydrogen (secondary N) is 1. The third-order valence-electron chi connectivity index (χ3n) is 3.11. The number of rotatable bonds is 2. The number of hydrogen-bond donors (Lipinski definition) is 2. The summed E-state index contributed by atoms with van der Waals surface area (Å²) in [5.74, 6) is 0. The summed E-state index contributed by atoms with van der Waals surface area (Å²) in [6.45, 7) is 6.49. The first kappa shape index (κ1) is 11.2. The lowest BCUT2D eigenvalue weighted by Gasteiger charge is -2.29. The van der Waals surface area contributed by atoms with Gasteiger partial charge in [-0.05, 0) is 24.7 Å². The monoisotopic (exact) mass is 221 g/mol. The van der Waals surface area contributed by atoms with Gasteiger partial charge in [-0.25, -0.2) is 0 Å². The standard InChI is InChI=1S/C12H19N3O/c1-4-5-8-11-9(14-13-8)6-12(2,3)7-10(11)15-16/h16H,4-7H2,1-3H3,(H,13,14)/b15-10+. The molecule has 1 aromatic heterocycles. The number of hydrogen-bond acceptors (Lipinski definition) is 3. The molecule has 0 unspecified atom stereocenters. The summed E-state index contributed by atoms with van der Waals surface area (Å²) in [5, 5.41) is 20.0. The number of aromatic amines is 1. The van der Waals surface area contributed by atoms with Crippen molar-refractivity contribution in [3.05, 3.63) is 17.0 Å². The average molecular weight is 221 g/mol. The van der Waals surface area contributed by atoms with Gasteiger partial charge in [-0.3, -0.25) is 5.10 Å². The van der Waals surface area contributed by atoms with Gasteiger partial charge in [0.15, 0.2) is 0 Å². The first-order valence-electron chi connectivity index (χ1n) is 5.85. The van der Waals surface area contributed by atoms with Gasteiger partial charge in [0.25, 0.3) is 0 Å². The van der Waals surface area contributed by atoms with Crippen LogP contribution in [0.4, 0.5) is 0 Å². The molecule has 4 heteroatoms. The van der Waals surface area contributed by atoms with Crippen LogP contribution in [0, 0.1) is 5.41 Å². The van der Waals surface area contributed by atoms with E-state index in [4.69, 9.17) is 5.21 Å². The van der Waals surface area contributed by atoms with E-state index in [1.165, 1.54) is 0 Å². The molecule has 16 heavy (non-hydrogen) atoms. The molecule has 88 valence electrons. The molecule has 1 aliphatic rings. The summed E-state index contributed by atoms with van der Waals surface area (Å²) in [6, 6.07) is 0. The van der Waals surface area contributed by atoms with Crippen LogP contribution in [0.25, 0.3) is 0 Å². The van der Waals surface area contributed by atoms with Gasteiger partial charge in [-0.2, -0.15) is 5.10 Å². The van der Waals surface area contributed by atoms with E-state index in [2.05, 4.69) is 36.1 Å². The number of nitrogens with zero attached hydrogens (tertiary/aromatic N) is 2.